The molecular weight excluding hydrogens is 468 g/mol. The van der Waals surface area contributed by atoms with Gasteiger partial charge >= 0.3 is 18.0 Å². The summed E-state index contributed by atoms with van der Waals surface area (Å²) in [5, 5.41) is 13.1. The van der Waals surface area contributed by atoms with Crippen LogP contribution in [0.15, 0.2) is 41.3 Å². The third-order valence-electron chi connectivity index (χ3n) is 4.25. The van der Waals surface area contributed by atoms with Gasteiger partial charge in [0.15, 0.2) is 6.04 Å². The van der Waals surface area contributed by atoms with Crippen LogP contribution in [0.3, 0.4) is 0 Å². The van der Waals surface area contributed by atoms with Crippen molar-refractivity contribution in [2.75, 3.05) is 11.9 Å². The highest BCUT2D eigenvalue weighted by atomic mass is 79.9. The molecule has 1 saturated heterocycles. The lowest BCUT2D eigenvalue weighted by Crippen LogP contribution is -2.74. The average Bonchev–Trinajstić information content (AvgIpc) is 2.73. The molecule has 1 fully saturated rings. The van der Waals surface area contributed by atoms with E-state index in [0.29, 0.717) is 5.33 Å². The number of alkyl carbamates (subject to hydrolysis) is 1. The molecule has 1 aromatic carbocycles. The molecule has 154 valence electrons. The average molecular weight is 485 g/mol. The van der Waals surface area contributed by atoms with Gasteiger partial charge in [-0.25, -0.2) is 14.4 Å². The number of nitrogens with one attached hydrogen (secondary N) is 1. The lowest BCUT2D eigenvalue weighted by Gasteiger charge is -2.50. The lowest BCUT2D eigenvalue weighted by atomic mass is 9.98. The number of carboxylic acids is 1. The van der Waals surface area contributed by atoms with Crippen molar-refractivity contribution in [1.29, 1.82) is 0 Å². The second kappa shape index (κ2) is 9.31. The number of ether oxygens (including phenoxy) is 2. The number of carbonyl (C=O) groups is 4. The minimum atomic E-state index is -1.46. The molecule has 2 aliphatic rings. The molecule has 2 N–H and O–H groups in total. The minimum Gasteiger partial charge on any atom is -0.479 e. The van der Waals surface area contributed by atoms with Crippen LogP contribution < -0.4 is 5.32 Å². The van der Waals surface area contributed by atoms with Crippen LogP contribution in [-0.4, -0.2) is 63.3 Å². The Balaban J connectivity index is 1.63. The Morgan fingerprint density at radius 2 is 1.93 bits per heavy atom. The van der Waals surface area contributed by atoms with Crippen LogP contribution in [0.2, 0.25) is 0 Å². The van der Waals surface area contributed by atoms with E-state index in [4.69, 9.17) is 9.47 Å². The van der Waals surface area contributed by atoms with Gasteiger partial charge in [-0.15, -0.1) is 11.8 Å². The first-order valence-electron chi connectivity index (χ1n) is 8.55. The standard InChI is InChI=1S/C18H17BrN2O7S/c19-6-7-27-17(25)11-9-29-15-12(14(22)21(15)13(11)16(23)24)20-18(26)28-8-10-4-2-1-3-5-10/h1-5,9,12-13,15H,6-8H2,(H,20,26)(H,23,24)/t12?,13?,15-/m1/s1. The predicted molar refractivity (Wildman–Crippen MR) is 106 cm³/mol. The molecule has 2 unspecified atom stereocenters. The van der Waals surface area contributed by atoms with Gasteiger partial charge in [-0.05, 0) is 11.0 Å². The highest BCUT2D eigenvalue weighted by Gasteiger charge is 2.57. The summed E-state index contributed by atoms with van der Waals surface area (Å²) in [6.45, 7) is 0.109. The van der Waals surface area contributed by atoms with Crippen LogP contribution in [0.25, 0.3) is 0 Å². The van der Waals surface area contributed by atoms with Gasteiger partial charge in [0.05, 0.1) is 5.57 Å². The van der Waals surface area contributed by atoms with Gasteiger partial charge in [0, 0.05) is 5.33 Å². The maximum absolute atomic E-state index is 12.5. The smallest absolute Gasteiger partial charge is 0.408 e. The number of thioether (sulfide) groups is 1. The quantitative estimate of drug-likeness (QED) is 0.338. The molecule has 0 radical (unpaired) electrons. The van der Waals surface area contributed by atoms with Gasteiger partial charge in [0.25, 0.3) is 0 Å². The van der Waals surface area contributed by atoms with Crippen molar-refractivity contribution in [3.63, 3.8) is 0 Å². The summed E-state index contributed by atoms with van der Waals surface area (Å²) in [7, 11) is 0. The van der Waals surface area contributed by atoms with Crippen molar-refractivity contribution in [2.45, 2.75) is 24.1 Å². The maximum Gasteiger partial charge on any atom is 0.408 e. The molecule has 0 saturated carbocycles. The van der Waals surface area contributed by atoms with E-state index in [1.165, 1.54) is 5.41 Å². The van der Waals surface area contributed by atoms with Gasteiger partial charge < -0.3 is 24.8 Å². The lowest BCUT2D eigenvalue weighted by molar-refractivity contribution is -0.160. The molecule has 0 aliphatic carbocycles. The van der Waals surface area contributed by atoms with Crippen molar-refractivity contribution < 1.29 is 33.8 Å². The number of aliphatic carboxylic acids is 1. The Kier molecular flexibility index (Phi) is 6.80. The molecule has 1 aromatic rings. The zero-order chi connectivity index (χ0) is 21.0. The minimum absolute atomic E-state index is 0.0380. The molecule has 2 heterocycles. The van der Waals surface area contributed by atoms with Crippen molar-refractivity contribution in [2.24, 2.45) is 0 Å². The second-order valence-electron chi connectivity index (χ2n) is 6.09. The number of halogens is 1. The van der Waals surface area contributed by atoms with Crippen LogP contribution in [0.1, 0.15) is 5.56 Å². The molecule has 29 heavy (non-hydrogen) atoms. The first-order chi connectivity index (χ1) is 13.9. The summed E-state index contributed by atoms with van der Waals surface area (Å²) in [5.74, 6) is -2.75. The number of benzene rings is 1. The molecule has 2 aliphatic heterocycles. The Labute approximate surface area is 178 Å². The molecule has 3 rings (SSSR count). The number of alkyl halides is 1. The Morgan fingerprint density at radius 3 is 2.59 bits per heavy atom. The van der Waals surface area contributed by atoms with Gasteiger partial charge in [0.1, 0.15) is 24.6 Å². The summed E-state index contributed by atoms with van der Waals surface area (Å²) in [4.78, 5) is 49.4. The van der Waals surface area contributed by atoms with Crippen LogP contribution in [0.5, 0.6) is 0 Å². The zero-order valence-corrected chi connectivity index (χ0v) is 17.4. The first-order valence-corrected chi connectivity index (χ1v) is 10.6. The number of hydrogen-bond donors (Lipinski definition) is 2. The number of hydrogen-bond acceptors (Lipinski definition) is 7. The van der Waals surface area contributed by atoms with Crippen molar-refractivity contribution in [3.05, 3.63) is 46.9 Å². The van der Waals surface area contributed by atoms with Crippen LogP contribution >= 0.6 is 27.7 Å². The summed E-state index contributed by atoms with van der Waals surface area (Å²) < 4.78 is 10.1. The number of carbonyl (C=O) groups excluding carboxylic acids is 3. The van der Waals surface area contributed by atoms with Gasteiger partial charge in [0.2, 0.25) is 5.91 Å². The molecule has 0 spiro atoms. The molecule has 0 aromatic heterocycles. The fourth-order valence-electron chi connectivity index (χ4n) is 2.91. The third-order valence-corrected chi connectivity index (χ3v) is 5.74. The maximum atomic E-state index is 12.5. The predicted octanol–water partition coefficient (Wildman–Crippen LogP) is 1.47. The van der Waals surface area contributed by atoms with E-state index in [-0.39, 0.29) is 18.8 Å². The molecule has 2 amide bonds. The van der Waals surface area contributed by atoms with Gasteiger partial charge in [-0.3, -0.25) is 4.79 Å². The zero-order valence-electron chi connectivity index (χ0n) is 14.9. The van der Waals surface area contributed by atoms with E-state index in [1.54, 1.807) is 12.1 Å². The highest BCUT2D eigenvalue weighted by molar-refractivity contribution is 9.09. The van der Waals surface area contributed by atoms with Crippen LogP contribution in [0.4, 0.5) is 4.79 Å². The summed E-state index contributed by atoms with van der Waals surface area (Å²) in [6, 6.07) is 6.62. The second-order valence-corrected chi connectivity index (χ2v) is 7.88. The van der Waals surface area contributed by atoms with E-state index in [2.05, 4.69) is 21.2 Å². The molecule has 11 heteroatoms. The summed E-state index contributed by atoms with van der Waals surface area (Å²) >= 11 is 4.18. The van der Waals surface area contributed by atoms with E-state index < -0.39 is 41.4 Å². The topological polar surface area (TPSA) is 122 Å². The van der Waals surface area contributed by atoms with E-state index >= 15 is 0 Å². The number of esters is 1. The van der Waals surface area contributed by atoms with E-state index in [0.717, 1.165) is 22.2 Å². The Bertz CT molecular complexity index is 848. The molecular formula is C18H17BrN2O7S. The van der Waals surface area contributed by atoms with E-state index in [1.807, 2.05) is 18.2 Å². The number of carboxylic acid groups (broad SMARTS) is 1. The van der Waals surface area contributed by atoms with E-state index in [9.17, 15) is 24.3 Å². The molecule has 3 atom stereocenters. The van der Waals surface area contributed by atoms with Gasteiger partial charge in [-0.2, -0.15) is 0 Å². The third kappa shape index (κ3) is 4.56. The van der Waals surface area contributed by atoms with Crippen LogP contribution in [-0.2, 0) is 30.5 Å². The summed E-state index contributed by atoms with van der Waals surface area (Å²) in [5.41, 5.74) is 0.662. The fraction of sp³-hybridized carbons (Fsp3) is 0.333. The van der Waals surface area contributed by atoms with Gasteiger partial charge in [-0.1, -0.05) is 46.3 Å². The molecule has 0 bridgehead atoms. The van der Waals surface area contributed by atoms with Crippen LogP contribution in [0, 0.1) is 0 Å². The number of nitrogens with zero attached hydrogens (tertiary/aromatic N) is 1. The normalized spacial score (nSPS) is 22.7. The summed E-state index contributed by atoms with van der Waals surface area (Å²) in [6.07, 6.45) is -0.786. The largest absolute Gasteiger partial charge is 0.479 e. The van der Waals surface area contributed by atoms with Crippen molar-refractivity contribution >= 4 is 51.6 Å². The molecule has 9 nitrogen and oxygen atoms in total. The van der Waals surface area contributed by atoms with Crippen molar-refractivity contribution in [1.82, 2.24) is 10.2 Å². The van der Waals surface area contributed by atoms with Crippen molar-refractivity contribution in [3.8, 4) is 0 Å². The fourth-order valence-corrected chi connectivity index (χ4v) is 4.28. The number of rotatable bonds is 7. The Hall–Kier alpha value is -2.53. The number of β-lactam (4-membered cyclic amide) rings is 1. The number of fused-ring (bicyclic) bond motifs is 1. The first kappa shape index (κ1) is 21.2. The number of amides is 2. The Morgan fingerprint density at radius 1 is 1.21 bits per heavy atom. The highest BCUT2D eigenvalue weighted by Crippen LogP contribution is 2.40. The monoisotopic (exact) mass is 484 g/mol. The SMILES string of the molecule is O=C(NC1C(=O)N2C(C(=O)O)C(C(=O)OCCBr)=CS[C@H]12)OCc1ccccc1.